The predicted octanol–water partition coefficient (Wildman–Crippen LogP) is 12.9. The number of ether oxygens (including phenoxy) is 3. The van der Waals surface area contributed by atoms with Gasteiger partial charge in [0.25, 0.3) is 0 Å². The van der Waals surface area contributed by atoms with Crippen LogP contribution in [0.15, 0.2) is 159 Å². The van der Waals surface area contributed by atoms with Crippen molar-refractivity contribution in [3.8, 4) is 18.0 Å². The van der Waals surface area contributed by atoms with Crippen molar-refractivity contribution in [1.82, 2.24) is 59.3 Å². The SMILES string of the molecule is S.S.[C-]#[N+]CC1CN(c2nc(OCCN3CCCCC3)nc3c2CCN(c2cccc4ccccc24)C3)CCN1C(=O)C=C.[C-]#[N+]CC1CN(c2nc(OC[C@@H]3CCC(C)(C)N3C)nc3c2CCN(c2cccc4ccccc24)C3)CCN1C(=O)C=C.[C-]#[N+]CC1CN(c2nc(OC[C@@H]3CCCN3C)nc3c2CCN(c2cccc4ccc(F)cc24)C3)CCN1C(=O)C=C. The summed E-state index contributed by atoms with van der Waals surface area (Å²) < 4.78 is 33.1. The molecule has 676 valence electrons. The Morgan fingerprint density at radius 3 is 1.26 bits per heavy atom. The molecule has 0 N–H and O–H groups in total. The Morgan fingerprint density at radius 2 is 0.853 bits per heavy atom. The fourth-order valence-corrected chi connectivity index (χ4v) is 19.9. The minimum atomic E-state index is -0.257. The van der Waals surface area contributed by atoms with E-state index in [0.717, 1.165) is 152 Å². The maximum absolute atomic E-state index is 14.2. The Hall–Kier alpha value is -11.9. The number of fused-ring (bicyclic) bond motifs is 6. The Bertz CT molecular complexity index is 5670. The third-order valence-electron chi connectivity index (χ3n) is 27.2. The van der Waals surface area contributed by atoms with Crippen LogP contribution in [-0.4, -0.2) is 271 Å². The highest BCUT2D eigenvalue weighted by Gasteiger charge is 2.42. The Morgan fingerprint density at radius 1 is 0.450 bits per heavy atom. The zero-order chi connectivity index (χ0) is 88.2. The lowest BCUT2D eigenvalue weighted by Crippen LogP contribution is -2.56. The largest absolute Gasteiger partial charge is 0.462 e. The van der Waals surface area contributed by atoms with E-state index >= 15 is 0 Å². The van der Waals surface area contributed by atoms with Gasteiger partial charge in [-0.25, -0.2) is 24.1 Å². The Labute approximate surface area is 771 Å². The molecule has 6 saturated heterocycles. The molecule has 12 heterocycles. The van der Waals surface area contributed by atoms with E-state index in [-0.39, 0.29) is 93.8 Å². The monoisotopic (exact) mass is 1780 g/mol. The van der Waals surface area contributed by atoms with Gasteiger partial charge < -0.3 is 77.7 Å². The summed E-state index contributed by atoms with van der Waals surface area (Å²) in [6.45, 7) is 53.8. The molecule has 0 aliphatic carbocycles. The van der Waals surface area contributed by atoms with E-state index in [1.807, 2.05) is 24.3 Å². The molecule has 3 unspecified atom stereocenters. The van der Waals surface area contributed by atoms with E-state index in [1.54, 1.807) is 20.8 Å². The van der Waals surface area contributed by atoms with Gasteiger partial charge in [0.1, 0.15) is 61.2 Å². The molecular formula is C99H120FN21O6S2. The number of likely N-dealkylation sites (N-methyl/N-ethyl adjacent to an activating group) is 2. The average Bonchev–Trinajstić information content (AvgIpc) is 1.00. The lowest BCUT2D eigenvalue weighted by molar-refractivity contribution is -0.129. The van der Waals surface area contributed by atoms with Gasteiger partial charge in [-0.2, -0.15) is 56.9 Å². The van der Waals surface area contributed by atoms with Gasteiger partial charge in [0.05, 0.1) is 36.7 Å². The summed E-state index contributed by atoms with van der Waals surface area (Å²) in [4.78, 5) is 104. The van der Waals surface area contributed by atoms with Crippen LogP contribution >= 0.6 is 27.0 Å². The first-order valence-corrected chi connectivity index (χ1v) is 45.0. The topological polar surface area (TPSA) is 208 Å². The quantitative estimate of drug-likeness (QED) is 0.0456. The maximum atomic E-state index is 14.2. The molecule has 0 bridgehead atoms. The van der Waals surface area contributed by atoms with Gasteiger partial charge in [0, 0.05) is 153 Å². The number of aromatic nitrogens is 6. The van der Waals surface area contributed by atoms with Crippen LogP contribution in [0.4, 0.5) is 38.9 Å². The summed E-state index contributed by atoms with van der Waals surface area (Å²) in [5, 5.41) is 6.78. The first kappa shape index (κ1) is 93.3. The summed E-state index contributed by atoms with van der Waals surface area (Å²) in [6.07, 6.45) is 14.6. The minimum absolute atomic E-state index is 0. The van der Waals surface area contributed by atoms with Gasteiger partial charge in [-0.15, -0.1) is 0 Å². The molecule has 129 heavy (non-hydrogen) atoms. The fraction of sp³-hybridized carbons (Fsp3) is 0.455. The third-order valence-corrected chi connectivity index (χ3v) is 27.2. The minimum Gasteiger partial charge on any atom is -0.462 e. The van der Waals surface area contributed by atoms with Crippen LogP contribution in [0.2, 0.25) is 0 Å². The summed E-state index contributed by atoms with van der Waals surface area (Å²) in [6, 6.07) is 42.0. The number of nitrogens with zero attached hydrogens (tertiary/aromatic N) is 21. The second-order valence-corrected chi connectivity index (χ2v) is 35.2. The van der Waals surface area contributed by atoms with Gasteiger partial charge in [-0.1, -0.05) is 117 Å². The number of rotatable bonds is 22. The number of halogens is 1. The highest BCUT2D eigenvalue weighted by atomic mass is 32.1. The highest BCUT2D eigenvalue weighted by Crippen LogP contribution is 2.41. The molecule has 0 radical (unpaired) electrons. The standard InChI is InChI=1S/C34H41N7O2.C33H39N7O2.C32H36FN7O2.2H2S/c1-6-31(42)41-19-18-40(21-26(41)20-35-4)32-28-15-17-39(30-13-9-11-24-10-7-8-12-27(24)30)22-29(28)36-33(37-32)43-23-25-14-16-34(2,3)38(25)5;1-3-31(41)40-19-18-39(23-26(40)22-34-2)32-28-14-17-38(30-13-9-11-25-10-5-6-12-27(25)30)24-29(28)35-33(36-32)42-21-20-37-15-7-4-8-16-37;1-4-30(41)40-16-15-39(19-25(40)18-34-2)31-26-12-14-38(29-9-5-7-22-10-11-23(33)17-27(22)29)20-28(26)35-32(36-31)42-21-24-8-6-13-37(24)3;;/h6-13,25-26H,1,14-23H2,2-3,5H3;3,5-6,9-13,26H,1,4,7-8,14-24H2;4-5,7,9-11,17,24-25H,1,6,8,12-16,18-21H2,3H3;2*1H2/t25-,26?;;24-,25?;;/m0.0../s1. The van der Waals surface area contributed by atoms with Gasteiger partial charge in [-0.05, 0) is 170 Å². The van der Waals surface area contributed by atoms with Gasteiger partial charge in [0.15, 0.2) is 0 Å². The molecule has 3 aromatic heterocycles. The van der Waals surface area contributed by atoms with E-state index in [2.05, 4.69) is 191 Å². The van der Waals surface area contributed by atoms with E-state index in [4.69, 9.17) is 63.8 Å². The van der Waals surface area contributed by atoms with Crippen molar-refractivity contribution in [3.05, 3.63) is 233 Å². The molecule has 9 aromatic rings. The van der Waals surface area contributed by atoms with Crippen molar-refractivity contribution in [3.63, 3.8) is 0 Å². The summed E-state index contributed by atoms with van der Waals surface area (Å²) >= 11 is 0. The van der Waals surface area contributed by atoms with Crippen molar-refractivity contribution in [2.75, 3.05) is 188 Å². The predicted molar refractivity (Wildman–Crippen MR) is 518 cm³/mol. The lowest BCUT2D eigenvalue weighted by atomic mass is 10.0. The molecule has 3 amide bonds. The smallest absolute Gasteiger partial charge is 0.318 e. The molecule has 6 fully saturated rings. The number of hydrogen-bond acceptors (Lipinski definition) is 21. The molecule has 27 nitrogen and oxygen atoms in total. The average molecular weight is 1780 g/mol. The number of likely N-dealkylation sites (tertiary alicyclic amines) is 3. The van der Waals surface area contributed by atoms with E-state index in [1.165, 1.54) is 76.5 Å². The van der Waals surface area contributed by atoms with E-state index in [0.29, 0.717) is 135 Å². The van der Waals surface area contributed by atoms with E-state index in [9.17, 15) is 18.8 Å². The molecule has 9 aliphatic heterocycles. The molecule has 18 rings (SSSR count). The lowest BCUT2D eigenvalue weighted by Gasteiger charge is -2.41. The Balaban J connectivity index is 0.000000155. The second kappa shape index (κ2) is 42.6. The fourth-order valence-electron chi connectivity index (χ4n) is 19.9. The molecule has 0 spiro atoms. The number of carbonyl (C=O) groups is 3. The number of hydrogen-bond donors (Lipinski definition) is 0. The van der Waals surface area contributed by atoms with Crippen molar-refractivity contribution in [2.24, 2.45) is 0 Å². The second-order valence-electron chi connectivity index (χ2n) is 35.2. The number of benzene rings is 6. The van der Waals surface area contributed by atoms with Crippen LogP contribution in [0.5, 0.6) is 18.0 Å². The normalized spacial score (nSPS) is 20.4. The molecule has 9 aliphatic rings. The van der Waals surface area contributed by atoms with Crippen molar-refractivity contribution in [1.29, 1.82) is 0 Å². The van der Waals surface area contributed by atoms with Crippen LogP contribution in [-0.2, 0) is 53.3 Å². The molecule has 5 atom stereocenters. The summed E-state index contributed by atoms with van der Waals surface area (Å²) in [5.74, 6) is 1.91. The van der Waals surface area contributed by atoms with Gasteiger partial charge in [-0.3, -0.25) is 24.2 Å². The van der Waals surface area contributed by atoms with Gasteiger partial charge in [0.2, 0.25) is 37.4 Å². The number of amides is 3. The third kappa shape index (κ3) is 21.0. The van der Waals surface area contributed by atoms with Crippen molar-refractivity contribution < 1.29 is 33.0 Å². The number of carbonyl (C=O) groups excluding carboxylic acids is 3. The van der Waals surface area contributed by atoms with Crippen LogP contribution in [0.25, 0.3) is 46.9 Å². The number of anilines is 6. The summed E-state index contributed by atoms with van der Waals surface area (Å²) in [7, 11) is 4.29. The molecule has 6 aromatic carbocycles. The van der Waals surface area contributed by atoms with Crippen LogP contribution in [0.3, 0.4) is 0 Å². The molecular weight excluding hydrogens is 1660 g/mol. The number of piperazine rings is 3. The van der Waals surface area contributed by atoms with Crippen LogP contribution < -0.4 is 43.6 Å². The Kier molecular flexibility index (Phi) is 30.8. The summed E-state index contributed by atoms with van der Waals surface area (Å²) in [5.41, 5.74) is 9.72. The molecule has 0 saturated carbocycles. The van der Waals surface area contributed by atoms with Crippen LogP contribution in [0, 0.1) is 25.5 Å². The zero-order valence-electron chi connectivity index (χ0n) is 74.8. The number of piperidine rings is 1. The first-order valence-electron chi connectivity index (χ1n) is 45.0. The van der Waals surface area contributed by atoms with Crippen molar-refractivity contribution in [2.45, 2.75) is 133 Å². The van der Waals surface area contributed by atoms with Gasteiger partial charge >= 0.3 is 18.0 Å². The maximum Gasteiger partial charge on any atom is 0.318 e. The van der Waals surface area contributed by atoms with E-state index < -0.39 is 0 Å². The molecule has 30 heteroatoms. The first-order chi connectivity index (χ1) is 61.9. The van der Waals surface area contributed by atoms with Crippen LogP contribution in [0.1, 0.15) is 92.6 Å². The van der Waals surface area contributed by atoms with Crippen molar-refractivity contribution >= 4 is 112 Å². The highest BCUT2D eigenvalue weighted by molar-refractivity contribution is 7.59. The zero-order valence-corrected chi connectivity index (χ0v) is 76.8.